The quantitative estimate of drug-likeness (QED) is 0.825. The molecule has 0 aromatic heterocycles. The van der Waals surface area contributed by atoms with E-state index in [0.717, 1.165) is 11.4 Å². The van der Waals surface area contributed by atoms with Crippen LogP contribution in [0.4, 0.5) is 5.69 Å². The van der Waals surface area contributed by atoms with Crippen molar-refractivity contribution in [1.29, 1.82) is 0 Å². The van der Waals surface area contributed by atoms with Gasteiger partial charge in [0.1, 0.15) is 5.03 Å². The lowest BCUT2D eigenvalue weighted by molar-refractivity contribution is -0.114. The molecule has 0 spiro atoms. The summed E-state index contributed by atoms with van der Waals surface area (Å²) in [6, 6.07) is 7.13. The minimum Gasteiger partial charge on any atom is -0.378 e. The first-order valence-corrected chi connectivity index (χ1v) is 5.89. The summed E-state index contributed by atoms with van der Waals surface area (Å²) in [6.07, 6.45) is 0. The molecule has 1 aliphatic rings. The van der Waals surface area contributed by atoms with Crippen molar-refractivity contribution in [3.63, 3.8) is 0 Å². The Hall–Kier alpha value is -1.19. The fraction of sp³-hybridized carbons (Fsp3) is 0.250. The number of carbonyl (C=O) groups excluding carboxylic acids is 1. The van der Waals surface area contributed by atoms with Crippen LogP contribution in [0.5, 0.6) is 0 Å². The Morgan fingerprint density at radius 2 is 1.76 bits per heavy atom. The van der Waals surface area contributed by atoms with E-state index in [1.807, 2.05) is 31.1 Å². The summed E-state index contributed by atoms with van der Waals surface area (Å²) in [6.45, 7) is 0.492. The summed E-state index contributed by atoms with van der Waals surface area (Å²) in [5.41, 5.74) is 1.63. The summed E-state index contributed by atoms with van der Waals surface area (Å²) in [5, 5.41) is 0.928. The fourth-order valence-corrected chi connectivity index (χ4v) is 2.16. The Bertz CT molecular complexity index is 480. The van der Waals surface area contributed by atoms with Gasteiger partial charge in [0.15, 0.2) is 0 Å². The molecule has 1 heterocycles. The fourth-order valence-electron chi connectivity index (χ4n) is 1.70. The number of rotatable bonds is 2. The normalized spacial score (nSPS) is 15.8. The standard InChI is InChI=1S/C12H12Cl2N2O/c1-15(2)10-7-16(12(17)11(10)14)9-5-3-8(13)4-6-9/h3-6H,7H2,1-2H3. The molecule has 1 aromatic rings. The van der Waals surface area contributed by atoms with Gasteiger partial charge in [0.2, 0.25) is 0 Å². The predicted molar refractivity (Wildman–Crippen MR) is 70.4 cm³/mol. The van der Waals surface area contributed by atoms with Crippen molar-refractivity contribution in [2.45, 2.75) is 0 Å². The van der Waals surface area contributed by atoms with Crippen LogP contribution in [0.3, 0.4) is 0 Å². The molecule has 0 saturated heterocycles. The molecule has 0 N–H and O–H groups in total. The van der Waals surface area contributed by atoms with Gasteiger partial charge < -0.3 is 9.80 Å². The lowest BCUT2D eigenvalue weighted by Crippen LogP contribution is -2.27. The van der Waals surface area contributed by atoms with Gasteiger partial charge in [0.05, 0.1) is 12.2 Å². The van der Waals surface area contributed by atoms with Crippen LogP contribution in [-0.2, 0) is 4.79 Å². The monoisotopic (exact) mass is 270 g/mol. The summed E-state index contributed by atoms with van der Waals surface area (Å²) in [4.78, 5) is 15.5. The molecule has 5 heteroatoms. The Morgan fingerprint density at radius 3 is 2.24 bits per heavy atom. The molecule has 0 aliphatic carbocycles. The van der Waals surface area contributed by atoms with Gasteiger partial charge in [-0.2, -0.15) is 0 Å². The van der Waals surface area contributed by atoms with Crippen LogP contribution in [0.1, 0.15) is 0 Å². The van der Waals surface area contributed by atoms with Crippen LogP contribution in [0.25, 0.3) is 0 Å². The van der Waals surface area contributed by atoms with Crippen molar-refractivity contribution in [2.75, 3.05) is 25.5 Å². The highest BCUT2D eigenvalue weighted by Gasteiger charge is 2.31. The number of anilines is 1. The first-order valence-electron chi connectivity index (χ1n) is 5.14. The smallest absolute Gasteiger partial charge is 0.271 e. The van der Waals surface area contributed by atoms with E-state index in [9.17, 15) is 4.79 Å². The molecule has 0 atom stereocenters. The number of likely N-dealkylation sites (N-methyl/N-ethyl adjacent to an activating group) is 1. The first-order chi connectivity index (χ1) is 8.00. The molecule has 0 radical (unpaired) electrons. The molecule has 0 unspecified atom stereocenters. The zero-order chi connectivity index (χ0) is 12.6. The number of nitrogens with zero attached hydrogens (tertiary/aromatic N) is 2. The maximum atomic E-state index is 12.0. The average molecular weight is 271 g/mol. The molecule has 1 aliphatic heterocycles. The SMILES string of the molecule is CN(C)C1=C(Cl)C(=O)N(c2ccc(Cl)cc2)C1. The molecule has 2 rings (SSSR count). The lowest BCUT2D eigenvalue weighted by Gasteiger charge is -2.19. The molecule has 90 valence electrons. The van der Waals surface area contributed by atoms with E-state index in [4.69, 9.17) is 23.2 Å². The van der Waals surface area contributed by atoms with Crippen molar-refractivity contribution < 1.29 is 4.79 Å². The number of hydrogen-bond donors (Lipinski definition) is 0. The summed E-state index contributed by atoms with van der Waals surface area (Å²) in [5.74, 6) is -0.169. The highest BCUT2D eigenvalue weighted by atomic mass is 35.5. The van der Waals surface area contributed by atoms with Crippen LogP contribution in [-0.4, -0.2) is 31.4 Å². The number of hydrogen-bond acceptors (Lipinski definition) is 2. The molecule has 17 heavy (non-hydrogen) atoms. The highest BCUT2D eigenvalue weighted by Crippen LogP contribution is 2.29. The molecule has 0 bridgehead atoms. The average Bonchev–Trinajstić information content (AvgIpc) is 2.58. The molecule has 0 fully saturated rings. The van der Waals surface area contributed by atoms with Crippen LogP contribution in [0.15, 0.2) is 35.0 Å². The van der Waals surface area contributed by atoms with E-state index in [-0.39, 0.29) is 10.9 Å². The minimum absolute atomic E-state index is 0.169. The van der Waals surface area contributed by atoms with Gasteiger partial charge in [-0.15, -0.1) is 0 Å². The van der Waals surface area contributed by atoms with Gasteiger partial charge >= 0.3 is 0 Å². The number of benzene rings is 1. The number of amides is 1. The predicted octanol–water partition coefficient (Wildman–Crippen LogP) is 2.70. The number of carbonyl (C=O) groups is 1. The maximum absolute atomic E-state index is 12.0. The van der Waals surface area contributed by atoms with Gasteiger partial charge in [-0.3, -0.25) is 4.79 Å². The molecule has 1 aromatic carbocycles. The van der Waals surface area contributed by atoms with Crippen LogP contribution < -0.4 is 4.90 Å². The highest BCUT2D eigenvalue weighted by molar-refractivity contribution is 6.45. The maximum Gasteiger partial charge on any atom is 0.271 e. The zero-order valence-corrected chi connectivity index (χ0v) is 11.1. The Kier molecular flexibility index (Phi) is 3.31. The molecule has 3 nitrogen and oxygen atoms in total. The Balaban J connectivity index is 2.28. The molecular formula is C12H12Cl2N2O. The minimum atomic E-state index is -0.169. The lowest BCUT2D eigenvalue weighted by atomic mass is 10.3. The summed E-state index contributed by atoms with van der Waals surface area (Å²) in [7, 11) is 3.74. The van der Waals surface area contributed by atoms with Gasteiger partial charge in [-0.25, -0.2) is 0 Å². The van der Waals surface area contributed by atoms with Crippen LogP contribution in [0.2, 0.25) is 5.02 Å². The van der Waals surface area contributed by atoms with Crippen molar-refractivity contribution in [2.24, 2.45) is 0 Å². The summed E-state index contributed by atoms with van der Waals surface area (Å²) < 4.78 is 0. The van der Waals surface area contributed by atoms with E-state index in [0.29, 0.717) is 11.6 Å². The van der Waals surface area contributed by atoms with Gasteiger partial charge in [0.25, 0.3) is 5.91 Å². The number of halogens is 2. The van der Waals surface area contributed by atoms with Crippen molar-refractivity contribution in [3.05, 3.63) is 40.0 Å². The second-order valence-corrected chi connectivity index (χ2v) is 4.84. The molecular weight excluding hydrogens is 259 g/mol. The Labute approximate surface area is 110 Å². The zero-order valence-electron chi connectivity index (χ0n) is 9.58. The Morgan fingerprint density at radius 1 is 1.18 bits per heavy atom. The van der Waals surface area contributed by atoms with E-state index < -0.39 is 0 Å². The van der Waals surface area contributed by atoms with E-state index in [1.54, 1.807) is 17.0 Å². The van der Waals surface area contributed by atoms with Gasteiger partial charge in [-0.1, -0.05) is 23.2 Å². The van der Waals surface area contributed by atoms with Crippen LogP contribution >= 0.6 is 23.2 Å². The second kappa shape index (κ2) is 4.59. The van der Waals surface area contributed by atoms with Crippen molar-refractivity contribution >= 4 is 34.8 Å². The van der Waals surface area contributed by atoms with Crippen molar-refractivity contribution in [1.82, 2.24) is 4.90 Å². The van der Waals surface area contributed by atoms with E-state index in [1.165, 1.54) is 0 Å². The molecule has 0 saturated carbocycles. The third-order valence-corrected chi connectivity index (χ3v) is 3.30. The second-order valence-electron chi connectivity index (χ2n) is 4.02. The van der Waals surface area contributed by atoms with Crippen molar-refractivity contribution in [3.8, 4) is 0 Å². The van der Waals surface area contributed by atoms with E-state index in [2.05, 4.69) is 0 Å². The third kappa shape index (κ3) is 2.26. The van der Waals surface area contributed by atoms with Gasteiger partial charge in [0, 0.05) is 24.8 Å². The van der Waals surface area contributed by atoms with E-state index >= 15 is 0 Å². The molecule has 1 amide bonds. The van der Waals surface area contributed by atoms with Crippen LogP contribution in [0, 0.1) is 0 Å². The van der Waals surface area contributed by atoms with Gasteiger partial charge in [-0.05, 0) is 24.3 Å². The first kappa shape index (κ1) is 12.3. The topological polar surface area (TPSA) is 23.6 Å². The summed E-state index contributed by atoms with van der Waals surface area (Å²) >= 11 is 11.8. The largest absolute Gasteiger partial charge is 0.378 e. The third-order valence-electron chi connectivity index (χ3n) is 2.67.